The summed E-state index contributed by atoms with van der Waals surface area (Å²) in [6.07, 6.45) is 2.92. The molecule has 1 aromatic carbocycles. The van der Waals surface area contributed by atoms with Crippen LogP contribution in [0.15, 0.2) is 60.8 Å². The summed E-state index contributed by atoms with van der Waals surface area (Å²) in [4.78, 5) is 39.9. The van der Waals surface area contributed by atoms with Crippen molar-refractivity contribution in [1.82, 2.24) is 24.5 Å². The van der Waals surface area contributed by atoms with Crippen LogP contribution in [-0.4, -0.2) is 85.8 Å². The van der Waals surface area contributed by atoms with Crippen LogP contribution >= 0.6 is 0 Å². The molecule has 11 nitrogen and oxygen atoms in total. The van der Waals surface area contributed by atoms with Crippen LogP contribution in [0.25, 0.3) is 5.65 Å². The van der Waals surface area contributed by atoms with Gasteiger partial charge in [0.05, 0.1) is 18.5 Å². The van der Waals surface area contributed by atoms with Crippen LogP contribution in [0, 0.1) is 11.8 Å². The molecule has 1 amide bonds. The van der Waals surface area contributed by atoms with Crippen molar-refractivity contribution < 1.29 is 19.8 Å². The zero-order chi connectivity index (χ0) is 29.0. The number of rotatable bonds is 6. The normalized spacial score (nSPS) is 23.6. The van der Waals surface area contributed by atoms with E-state index in [1.54, 1.807) is 10.6 Å². The average Bonchev–Trinajstić information content (AvgIpc) is 3.79. The fourth-order valence-corrected chi connectivity index (χ4v) is 6.88. The highest BCUT2D eigenvalue weighted by atomic mass is 16.4. The highest BCUT2D eigenvalue weighted by molar-refractivity contribution is 5.91. The zero-order valence-electron chi connectivity index (χ0n) is 23.4. The van der Waals surface area contributed by atoms with Crippen LogP contribution in [0.5, 0.6) is 0 Å². The number of anilines is 2. The van der Waals surface area contributed by atoms with Gasteiger partial charge in [0.2, 0.25) is 5.82 Å². The molecule has 6 heterocycles. The Bertz CT molecular complexity index is 1660. The first kappa shape index (κ1) is 26.4. The molecule has 0 radical (unpaired) electrons. The van der Waals surface area contributed by atoms with Crippen molar-refractivity contribution in [3.63, 3.8) is 0 Å². The second kappa shape index (κ2) is 10.1. The summed E-state index contributed by atoms with van der Waals surface area (Å²) < 4.78 is 1.63. The second-order valence-electron chi connectivity index (χ2n) is 12.0. The Morgan fingerprint density at radius 2 is 1.74 bits per heavy atom. The van der Waals surface area contributed by atoms with E-state index in [-0.39, 0.29) is 41.3 Å². The summed E-state index contributed by atoms with van der Waals surface area (Å²) in [6.45, 7) is 6.39. The van der Waals surface area contributed by atoms with E-state index in [1.807, 2.05) is 29.3 Å². The maximum absolute atomic E-state index is 13.5. The molecule has 4 aromatic rings. The number of hydrogen-bond donors (Lipinski definition) is 2. The minimum atomic E-state index is -1.05. The van der Waals surface area contributed by atoms with Crippen molar-refractivity contribution in [3.05, 3.63) is 83.4 Å². The van der Waals surface area contributed by atoms with Gasteiger partial charge in [0.1, 0.15) is 5.82 Å². The topological polar surface area (TPSA) is 127 Å². The largest absolute Gasteiger partial charge is 0.477 e. The summed E-state index contributed by atoms with van der Waals surface area (Å²) in [5.74, 6) is 0.0399. The van der Waals surface area contributed by atoms with Crippen LogP contribution < -0.4 is 9.80 Å². The Labute approximate surface area is 243 Å². The summed E-state index contributed by atoms with van der Waals surface area (Å²) in [5.41, 5.74) is 3.44. The van der Waals surface area contributed by atoms with Gasteiger partial charge in [-0.1, -0.05) is 43.3 Å². The third-order valence-electron chi connectivity index (χ3n) is 9.22. The zero-order valence-corrected chi connectivity index (χ0v) is 23.4. The monoisotopic (exact) mass is 567 g/mol. The standard InChI is InChI=1S/C31H33N7O4/c1-31(23-6-3-2-4-7-23)10-11-35(19-31)24-12-20(18-39)28-33-27(34-38(28)17-24)29(40)37-15-21-13-36(14-22(21)16-37)26-9-5-8-25(32-26)30(41)42/h2-9,12,17,21-22,39H,10-11,13-16,18-19H2,1H3,(H,41,42)/t21?,22?,31-/m1/s1. The number of hydrogen-bond acceptors (Lipinski definition) is 8. The van der Waals surface area contributed by atoms with Gasteiger partial charge in [0.25, 0.3) is 5.91 Å². The molecule has 0 bridgehead atoms. The lowest BCUT2D eigenvalue weighted by atomic mass is 9.82. The summed E-state index contributed by atoms with van der Waals surface area (Å²) in [7, 11) is 0. The number of aromatic carboxylic acids is 1. The number of aliphatic hydroxyl groups excluding tert-OH is 1. The number of amides is 1. The average molecular weight is 568 g/mol. The smallest absolute Gasteiger partial charge is 0.354 e. The molecule has 216 valence electrons. The number of fused-ring (bicyclic) bond motifs is 2. The van der Waals surface area contributed by atoms with Gasteiger partial charge in [-0.15, -0.1) is 5.10 Å². The fourth-order valence-electron chi connectivity index (χ4n) is 6.88. The first-order valence-electron chi connectivity index (χ1n) is 14.4. The SMILES string of the molecule is C[C@@]1(c2ccccc2)CCN(c2cc(CO)c3nc(C(=O)N4CC5CN(c6cccc(C(=O)O)n6)CC5C4)nn3c2)C1. The lowest BCUT2D eigenvalue weighted by Crippen LogP contribution is -2.34. The summed E-state index contributed by atoms with van der Waals surface area (Å²) >= 11 is 0. The van der Waals surface area contributed by atoms with Crippen LogP contribution in [0.1, 0.15) is 45.6 Å². The quantitative estimate of drug-likeness (QED) is 0.362. The maximum atomic E-state index is 13.5. The molecule has 3 aromatic heterocycles. The van der Waals surface area contributed by atoms with Crippen molar-refractivity contribution in [3.8, 4) is 0 Å². The Hall–Kier alpha value is -4.51. The molecule has 3 aliphatic rings. The molecule has 11 heteroatoms. The Morgan fingerprint density at radius 3 is 2.45 bits per heavy atom. The minimum Gasteiger partial charge on any atom is -0.477 e. The Morgan fingerprint density at radius 1 is 0.976 bits per heavy atom. The Kier molecular flexibility index (Phi) is 6.34. The number of carboxylic acid groups (broad SMARTS) is 1. The third kappa shape index (κ3) is 4.53. The maximum Gasteiger partial charge on any atom is 0.354 e. The van der Waals surface area contributed by atoms with E-state index in [0.717, 1.165) is 25.2 Å². The van der Waals surface area contributed by atoms with E-state index in [9.17, 15) is 19.8 Å². The van der Waals surface area contributed by atoms with E-state index in [4.69, 9.17) is 0 Å². The minimum absolute atomic E-state index is 0.0254. The molecule has 2 N–H and O–H groups in total. The van der Waals surface area contributed by atoms with Gasteiger partial charge in [-0.3, -0.25) is 4.79 Å². The van der Waals surface area contributed by atoms with Crippen molar-refractivity contribution in [2.24, 2.45) is 11.8 Å². The van der Waals surface area contributed by atoms with Crippen molar-refractivity contribution in [2.45, 2.75) is 25.4 Å². The molecule has 42 heavy (non-hydrogen) atoms. The molecule has 3 fully saturated rings. The third-order valence-corrected chi connectivity index (χ3v) is 9.22. The predicted molar refractivity (Wildman–Crippen MR) is 156 cm³/mol. The van der Waals surface area contributed by atoms with Gasteiger partial charge in [-0.2, -0.15) is 0 Å². The van der Waals surface area contributed by atoms with E-state index in [0.29, 0.717) is 43.2 Å². The van der Waals surface area contributed by atoms with Crippen LogP contribution in [-0.2, 0) is 12.0 Å². The molecular formula is C31H33N7O4. The van der Waals surface area contributed by atoms with E-state index < -0.39 is 5.97 Å². The molecule has 7 rings (SSSR count). The number of pyridine rings is 2. The van der Waals surface area contributed by atoms with Gasteiger partial charge in [0, 0.05) is 62.1 Å². The number of carboxylic acids is 1. The molecule has 0 aliphatic carbocycles. The number of likely N-dealkylation sites (tertiary alicyclic amines) is 1. The molecule has 0 saturated carbocycles. The molecule has 3 atom stereocenters. The first-order valence-corrected chi connectivity index (χ1v) is 14.4. The van der Waals surface area contributed by atoms with Gasteiger partial charge < -0.3 is 24.9 Å². The molecular weight excluding hydrogens is 534 g/mol. The van der Waals surface area contributed by atoms with Crippen LogP contribution in [0.2, 0.25) is 0 Å². The Balaban J connectivity index is 1.07. The van der Waals surface area contributed by atoms with Crippen LogP contribution in [0.3, 0.4) is 0 Å². The highest BCUT2D eigenvalue weighted by Crippen LogP contribution is 2.37. The number of nitrogens with zero attached hydrogens (tertiary/aromatic N) is 7. The predicted octanol–water partition coefficient (Wildman–Crippen LogP) is 2.69. The molecule has 0 spiro atoms. The second-order valence-corrected chi connectivity index (χ2v) is 12.0. The van der Waals surface area contributed by atoms with Crippen LogP contribution in [0.4, 0.5) is 11.5 Å². The molecule has 3 aliphatic heterocycles. The van der Waals surface area contributed by atoms with Gasteiger partial charge in [-0.25, -0.2) is 19.3 Å². The lowest BCUT2D eigenvalue weighted by molar-refractivity contribution is 0.0689. The van der Waals surface area contributed by atoms with Crippen molar-refractivity contribution in [1.29, 1.82) is 0 Å². The van der Waals surface area contributed by atoms with Crippen molar-refractivity contribution >= 4 is 29.0 Å². The lowest BCUT2D eigenvalue weighted by Gasteiger charge is -2.26. The van der Waals surface area contributed by atoms with Gasteiger partial charge >= 0.3 is 5.97 Å². The highest BCUT2D eigenvalue weighted by Gasteiger charge is 2.43. The molecule has 3 saturated heterocycles. The number of aromatic nitrogens is 4. The fraction of sp³-hybridized carbons (Fsp3) is 0.387. The summed E-state index contributed by atoms with van der Waals surface area (Å²) in [6, 6.07) is 17.5. The van der Waals surface area contributed by atoms with Gasteiger partial charge in [0.15, 0.2) is 11.3 Å². The number of aliphatic hydroxyl groups is 1. The number of benzene rings is 1. The van der Waals surface area contributed by atoms with E-state index in [1.165, 1.54) is 11.6 Å². The molecule has 2 unspecified atom stereocenters. The first-order chi connectivity index (χ1) is 20.3. The van der Waals surface area contributed by atoms with E-state index in [2.05, 4.69) is 56.1 Å². The summed E-state index contributed by atoms with van der Waals surface area (Å²) in [5, 5.41) is 24.0. The number of carbonyl (C=O) groups excluding carboxylic acids is 1. The van der Waals surface area contributed by atoms with Gasteiger partial charge in [-0.05, 0) is 30.2 Å². The number of carbonyl (C=O) groups is 2. The van der Waals surface area contributed by atoms with Crippen molar-refractivity contribution in [2.75, 3.05) is 49.1 Å². The van der Waals surface area contributed by atoms with E-state index >= 15 is 0 Å².